The zero-order chi connectivity index (χ0) is 22.5. The first-order valence-electron chi connectivity index (χ1n) is 11.4. The van der Waals surface area contributed by atoms with Crippen LogP contribution in [-0.2, 0) is 0 Å². The molecule has 0 aliphatic carbocycles. The highest BCUT2D eigenvalue weighted by Crippen LogP contribution is 2.10. The molecule has 0 saturated carbocycles. The van der Waals surface area contributed by atoms with E-state index >= 15 is 0 Å². The van der Waals surface area contributed by atoms with Crippen LogP contribution in [-0.4, -0.2) is 31.7 Å². The first-order valence-corrected chi connectivity index (χ1v) is 11.4. The Kier molecular flexibility index (Phi) is 46.1. The van der Waals surface area contributed by atoms with E-state index in [1.54, 1.807) is 12.2 Å². The van der Waals surface area contributed by atoms with Crippen molar-refractivity contribution in [3.63, 3.8) is 0 Å². The van der Waals surface area contributed by atoms with Crippen molar-refractivity contribution >= 4 is 0 Å². The third-order valence-electron chi connectivity index (χ3n) is 3.55. The van der Waals surface area contributed by atoms with E-state index in [4.69, 9.17) is 17.2 Å². The van der Waals surface area contributed by atoms with Gasteiger partial charge >= 0.3 is 0 Å². The second-order valence-electron chi connectivity index (χ2n) is 7.39. The molecule has 7 N–H and O–H groups in total. The van der Waals surface area contributed by atoms with Gasteiger partial charge in [0.15, 0.2) is 0 Å². The lowest BCUT2D eigenvalue weighted by atomic mass is 10.1. The van der Waals surface area contributed by atoms with Gasteiger partial charge in [-0.25, -0.2) is 0 Å². The predicted octanol–water partition coefficient (Wildman–Crippen LogP) is 5.52. The molecule has 0 spiro atoms. The molecular formula is C24H56N4. The summed E-state index contributed by atoms with van der Waals surface area (Å²) in [5.74, 6) is 0. The van der Waals surface area contributed by atoms with Gasteiger partial charge < -0.3 is 22.5 Å². The van der Waals surface area contributed by atoms with Gasteiger partial charge in [-0.3, -0.25) is 0 Å². The molecule has 0 aromatic heterocycles. The minimum absolute atomic E-state index is 0.162. The average Bonchev–Trinajstić information content (AvgIpc) is 2.64. The number of unbranched alkanes of at least 4 members (excludes halogenated alkanes) is 9. The summed E-state index contributed by atoms with van der Waals surface area (Å²) in [6.45, 7) is 19.4. The average molecular weight is 401 g/mol. The van der Waals surface area contributed by atoms with Crippen molar-refractivity contribution < 1.29 is 0 Å². The topological polar surface area (TPSA) is 90.1 Å². The summed E-state index contributed by atoms with van der Waals surface area (Å²) >= 11 is 0. The quantitative estimate of drug-likeness (QED) is 0.228. The van der Waals surface area contributed by atoms with E-state index < -0.39 is 0 Å². The highest BCUT2D eigenvalue weighted by molar-refractivity contribution is 4.57. The van der Waals surface area contributed by atoms with Crippen LogP contribution in [0.3, 0.4) is 0 Å². The molecule has 0 rings (SSSR count). The van der Waals surface area contributed by atoms with Crippen LogP contribution in [0.1, 0.15) is 98.8 Å². The summed E-state index contributed by atoms with van der Waals surface area (Å²) in [6.07, 6.45) is 17.6. The lowest BCUT2D eigenvalue weighted by Gasteiger charge is -2.07. The first kappa shape index (κ1) is 34.8. The molecule has 28 heavy (non-hydrogen) atoms. The zero-order valence-corrected chi connectivity index (χ0v) is 20.1. The Labute approximate surface area is 178 Å². The van der Waals surface area contributed by atoms with Crippen LogP contribution in [0.4, 0.5) is 0 Å². The third kappa shape index (κ3) is 63.8. The lowest BCUT2D eigenvalue weighted by Crippen LogP contribution is -2.31. The molecule has 0 saturated heterocycles. The van der Waals surface area contributed by atoms with Gasteiger partial charge in [0, 0.05) is 25.2 Å². The summed E-state index contributed by atoms with van der Waals surface area (Å²) in [6, 6.07) is 0.452. The molecule has 0 aromatic carbocycles. The Morgan fingerprint density at radius 1 is 0.750 bits per heavy atom. The van der Waals surface area contributed by atoms with Crippen molar-refractivity contribution in [2.75, 3.05) is 19.6 Å². The fourth-order valence-corrected chi connectivity index (χ4v) is 2.07. The third-order valence-corrected chi connectivity index (χ3v) is 3.55. The van der Waals surface area contributed by atoms with Crippen molar-refractivity contribution in [2.45, 2.75) is 111 Å². The van der Waals surface area contributed by atoms with Gasteiger partial charge in [-0.05, 0) is 40.7 Å². The van der Waals surface area contributed by atoms with Crippen LogP contribution in [0, 0.1) is 0 Å². The molecular weight excluding hydrogens is 344 g/mol. The molecule has 0 radical (unpaired) electrons. The highest BCUT2D eigenvalue weighted by Gasteiger charge is 1.94. The van der Waals surface area contributed by atoms with Crippen LogP contribution >= 0.6 is 0 Å². The molecule has 0 aliphatic heterocycles. The number of nitrogens with two attached hydrogens (primary N) is 3. The molecule has 0 bridgehead atoms. The van der Waals surface area contributed by atoms with E-state index in [0.717, 1.165) is 13.1 Å². The van der Waals surface area contributed by atoms with Gasteiger partial charge in [0.1, 0.15) is 0 Å². The molecule has 172 valence electrons. The number of nitrogens with one attached hydrogen (secondary N) is 1. The second-order valence-corrected chi connectivity index (χ2v) is 7.39. The maximum atomic E-state index is 5.66. The predicted molar refractivity (Wildman–Crippen MR) is 133 cm³/mol. The molecule has 0 amide bonds. The van der Waals surface area contributed by atoms with Crippen molar-refractivity contribution in [3.05, 3.63) is 25.3 Å². The normalized spacial score (nSPS) is 11.4. The van der Waals surface area contributed by atoms with Crippen molar-refractivity contribution in [2.24, 2.45) is 17.2 Å². The Morgan fingerprint density at radius 3 is 1.36 bits per heavy atom. The van der Waals surface area contributed by atoms with E-state index in [9.17, 15) is 0 Å². The minimum atomic E-state index is 0.162. The van der Waals surface area contributed by atoms with Crippen LogP contribution < -0.4 is 22.5 Å². The largest absolute Gasteiger partial charge is 0.329 e. The van der Waals surface area contributed by atoms with Gasteiger partial charge in [-0.2, -0.15) is 0 Å². The van der Waals surface area contributed by atoms with Gasteiger partial charge in [0.05, 0.1) is 0 Å². The number of rotatable bonds is 14. The summed E-state index contributed by atoms with van der Waals surface area (Å²) in [7, 11) is 0. The highest BCUT2D eigenvalue weighted by atomic mass is 14.9. The molecule has 2 atom stereocenters. The van der Waals surface area contributed by atoms with Crippen LogP contribution in [0.25, 0.3) is 0 Å². The fraction of sp³-hybridized carbons (Fsp3) is 0.833. The monoisotopic (exact) mass is 400 g/mol. The lowest BCUT2D eigenvalue weighted by molar-refractivity contribution is 0.534. The first-order chi connectivity index (χ1) is 13.4. The Hall–Kier alpha value is -0.680. The van der Waals surface area contributed by atoms with Crippen LogP contribution in [0.15, 0.2) is 25.3 Å². The molecule has 2 unspecified atom stereocenters. The minimum Gasteiger partial charge on any atom is -0.329 e. The molecule has 4 nitrogen and oxygen atoms in total. The van der Waals surface area contributed by atoms with E-state index in [1.807, 2.05) is 27.7 Å². The summed E-state index contributed by atoms with van der Waals surface area (Å²) in [5, 5.41) is 3.39. The Bertz CT molecular complexity index is 247. The van der Waals surface area contributed by atoms with E-state index in [2.05, 4.69) is 25.4 Å². The van der Waals surface area contributed by atoms with Gasteiger partial charge in [0.2, 0.25) is 0 Å². The fourth-order valence-electron chi connectivity index (χ4n) is 2.07. The number of allylic oxidation sites excluding steroid dienone is 2. The maximum absolute atomic E-state index is 5.66. The SMILES string of the molecule is C=CC.C=CC.CC(N)CN.CCCCCCCCCCCCNCC(C)N. The van der Waals surface area contributed by atoms with Gasteiger partial charge in [-0.1, -0.05) is 76.9 Å². The maximum Gasteiger partial charge on any atom is 0.0136 e. The standard InChI is InChI=1S/C15H34N2.C3H10N2.2C3H6/c1-3-4-5-6-7-8-9-10-11-12-13-17-14-15(2)16;1-3(5)2-4;2*1-3-2/h15,17H,3-14,16H2,1-2H3;3H,2,4-5H2,1H3;2*3H,1H2,2H3. The molecule has 0 heterocycles. The zero-order valence-electron chi connectivity index (χ0n) is 20.1. The number of hydrogen-bond donors (Lipinski definition) is 4. The Morgan fingerprint density at radius 2 is 1.07 bits per heavy atom. The second kappa shape index (κ2) is 37.1. The van der Waals surface area contributed by atoms with E-state index in [1.165, 1.54) is 64.2 Å². The van der Waals surface area contributed by atoms with E-state index in [-0.39, 0.29) is 12.1 Å². The van der Waals surface area contributed by atoms with Crippen LogP contribution in [0.2, 0.25) is 0 Å². The van der Waals surface area contributed by atoms with Crippen molar-refractivity contribution in [1.82, 2.24) is 5.32 Å². The summed E-state index contributed by atoms with van der Waals surface area (Å²) in [4.78, 5) is 0. The molecule has 0 aromatic rings. The van der Waals surface area contributed by atoms with Gasteiger partial charge in [-0.15, -0.1) is 13.2 Å². The smallest absolute Gasteiger partial charge is 0.0136 e. The Balaban J connectivity index is -0.000000215. The molecule has 0 fully saturated rings. The summed E-state index contributed by atoms with van der Waals surface area (Å²) in [5.41, 5.74) is 15.9. The molecule has 4 heteroatoms. The number of hydrogen-bond acceptors (Lipinski definition) is 4. The molecule has 0 aliphatic rings. The van der Waals surface area contributed by atoms with Crippen LogP contribution in [0.5, 0.6) is 0 Å². The van der Waals surface area contributed by atoms with E-state index in [0.29, 0.717) is 6.54 Å². The van der Waals surface area contributed by atoms with Crippen molar-refractivity contribution in [1.29, 1.82) is 0 Å². The van der Waals surface area contributed by atoms with Gasteiger partial charge in [0.25, 0.3) is 0 Å². The summed E-state index contributed by atoms with van der Waals surface area (Å²) < 4.78 is 0. The van der Waals surface area contributed by atoms with Crippen molar-refractivity contribution in [3.8, 4) is 0 Å².